The first-order chi connectivity index (χ1) is 9.01. The van der Waals surface area contributed by atoms with Crippen molar-refractivity contribution in [2.45, 2.75) is 19.4 Å². The smallest absolute Gasteiger partial charge is 0.250 e. The summed E-state index contributed by atoms with van der Waals surface area (Å²) in [4.78, 5) is 4.27. The molecule has 0 amide bonds. The number of nitrogens with zero attached hydrogens (tertiary/aromatic N) is 2. The quantitative estimate of drug-likeness (QED) is 0.854. The molecule has 1 aromatic heterocycles. The number of ether oxygens (including phenoxy) is 1. The van der Waals surface area contributed by atoms with E-state index in [1.807, 2.05) is 44.2 Å². The first-order valence-corrected chi connectivity index (χ1v) is 5.94. The average Bonchev–Trinajstić information content (AvgIpc) is 2.88. The molecule has 0 aliphatic rings. The molecule has 0 atom stereocenters. The largest absolute Gasteiger partial charge is 0.399 e. The van der Waals surface area contributed by atoms with Crippen LogP contribution in [0.4, 0.5) is 5.69 Å². The van der Waals surface area contributed by atoms with Crippen molar-refractivity contribution in [3.63, 3.8) is 0 Å². The number of nitrogen functional groups attached to an aromatic ring is 1. The minimum absolute atomic E-state index is 0.442. The standard InChI is InChI=1S/C14H17N3O2/c1-14(2,18-3)13-16-12(19-17-13)9-6-10-4-7-11(15)8-5-10/h4-9H,15H2,1-3H3/b9-6+. The second-order valence-corrected chi connectivity index (χ2v) is 4.67. The van der Waals surface area contributed by atoms with Crippen LogP contribution in [0, 0.1) is 0 Å². The number of nitrogens with two attached hydrogens (primary N) is 1. The van der Waals surface area contributed by atoms with Gasteiger partial charge in [0.25, 0.3) is 5.89 Å². The van der Waals surface area contributed by atoms with Crippen LogP contribution in [-0.2, 0) is 10.3 Å². The lowest BCUT2D eigenvalue weighted by molar-refractivity contribution is 0.00973. The molecule has 0 spiro atoms. The van der Waals surface area contributed by atoms with E-state index < -0.39 is 5.60 Å². The molecule has 2 N–H and O–H groups in total. The molecule has 0 bridgehead atoms. The normalized spacial score (nSPS) is 12.2. The fraction of sp³-hybridized carbons (Fsp3) is 0.286. The zero-order valence-corrected chi connectivity index (χ0v) is 11.3. The second-order valence-electron chi connectivity index (χ2n) is 4.67. The summed E-state index contributed by atoms with van der Waals surface area (Å²) in [5.41, 5.74) is 6.81. The molecule has 0 fully saturated rings. The Balaban J connectivity index is 2.14. The lowest BCUT2D eigenvalue weighted by atomic mass is 10.1. The molecule has 1 aromatic carbocycles. The van der Waals surface area contributed by atoms with Crippen LogP contribution in [0.2, 0.25) is 0 Å². The van der Waals surface area contributed by atoms with E-state index in [-0.39, 0.29) is 0 Å². The van der Waals surface area contributed by atoms with Gasteiger partial charge in [-0.25, -0.2) is 0 Å². The Morgan fingerprint density at radius 1 is 1.21 bits per heavy atom. The summed E-state index contributed by atoms with van der Waals surface area (Å²) in [6, 6.07) is 7.52. The summed E-state index contributed by atoms with van der Waals surface area (Å²) in [7, 11) is 1.61. The SMILES string of the molecule is COC(C)(C)c1noc(/C=C/c2ccc(N)cc2)n1. The van der Waals surface area contributed by atoms with Gasteiger partial charge in [-0.2, -0.15) is 4.98 Å². The average molecular weight is 259 g/mol. The van der Waals surface area contributed by atoms with E-state index in [4.69, 9.17) is 15.0 Å². The summed E-state index contributed by atoms with van der Waals surface area (Å²) < 4.78 is 10.4. The monoisotopic (exact) mass is 259 g/mol. The molecule has 0 aliphatic heterocycles. The number of aromatic nitrogens is 2. The van der Waals surface area contributed by atoms with Crippen LogP contribution in [0.15, 0.2) is 28.8 Å². The maximum atomic E-state index is 5.62. The topological polar surface area (TPSA) is 74.2 Å². The van der Waals surface area contributed by atoms with Crippen LogP contribution in [0.1, 0.15) is 31.1 Å². The van der Waals surface area contributed by atoms with E-state index in [1.165, 1.54) is 0 Å². The molecular weight excluding hydrogens is 242 g/mol. The van der Waals surface area contributed by atoms with Gasteiger partial charge >= 0.3 is 0 Å². The first kappa shape index (κ1) is 13.3. The molecule has 0 saturated carbocycles. The van der Waals surface area contributed by atoms with Gasteiger partial charge in [0, 0.05) is 18.9 Å². The molecule has 0 unspecified atom stereocenters. The van der Waals surface area contributed by atoms with Gasteiger partial charge in [-0.05, 0) is 37.6 Å². The third kappa shape index (κ3) is 3.20. The predicted molar refractivity (Wildman–Crippen MR) is 74.1 cm³/mol. The predicted octanol–water partition coefficient (Wildman–Crippen LogP) is 2.70. The van der Waals surface area contributed by atoms with Gasteiger partial charge in [0.1, 0.15) is 5.60 Å². The molecule has 5 heteroatoms. The van der Waals surface area contributed by atoms with Crippen LogP contribution < -0.4 is 5.73 Å². The Bertz CT molecular complexity index is 571. The van der Waals surface area contributed by atoms with Crippen molar-refractivity contribution >= 4 is 17.8 Å². The highest BCUT2D eigenvalue weighted by molar-refractivity contribution is 5.66. The van der Waals surface area contributed by atoms with E-state index in [1.54, 1.807) is 13.2 Å². The van der Waals surface area contributed by atoms with Crippen LogP contribution in [-0.4, -0.2) is 17.3 Å². The molecule has 2 aromatic rings. The molecule has 100 valence electrons. The van der Waals surface area contributed by atoms with Crippen molar-refractivity contribution in [3.05, 3.63) is 41.5 Å². The van der Waals surface area contributed by atoms with Crippen LogP contribution in [0.3, 0.4) is 0 Å². The van der Waals surface area contributed by atoms with Crippen LogP contribution >= 0.6 is 0 Å². The molecular formula is C14H17N3O2. The van der Waals surface area contributed by atoms with Gasteiger partial charge in [-0.1, -0.05) is 17.3 Å². The zero-order valence-electron chi connectivity index (χ0n) is 11.3. The third-order valence-electron chi connectivity index (χ3n) is 2.85. The number of hydrogen-bond acceptors (Lipinski definition) is 5. The summed E-state index contributed by atoms with van der Waals surface area (Å²) in [5, 5.41) is 3.90. The van der Waals surface area contributed by atoms with Crippen molar-refractivity contribution in [3.8, 4) is 0 Å². The lowest BCUT2D eigenvalue weighted by Crippen LogP contribution is -2.21. The van der Waals surface area contributed by atoms with Gasteiger partial charge in [0.2, 0.25) is 5.82 Å². The first-order valence-electron chi connectivity index (χ1n) is 5.94. The van der Waals surface area contributed by atoms with Gasteiger partial charge in [0.05, 0.1) is 0 Å². The Morgan fingerprint density at radius 3 is 2.53 bits per heavy atom. The van der Waals surface area contributed by atoms with Crippen molar-refractivity contribution in [2.75, 3.05) is 12.8 Å². The van der Waals surface area contributed by atoms with Gasteiger partial charge in [-0.3, -0.25) is 0 Å². The van der Waals surface area contributed by atoms with E-state index >= 15 is 0 Å². The number of hydrogen-bond donors (Lipinski definition) is 1. The van der Waals surface area contributed by atoms with Crippen LogP contribution in [0.5, 0.6) is 0 Å². The summed E-state index contributed by atoms with van der Waals surface area (Å²) in [6.45, 7) is 3.76. The minimum atomic E-state index is -0.559. The number of rotatable bonds is 4. The molecule has 0 saturated heterocycles. The number of benzene rings is 1. The maximum Gasteiger partial charge on any atom is 0.250 e. The molecule has 1 heterocycles. The second kappa shape index (κ2) is 5.24. The molecule has 0 radical (unpaired) electrons. The Labute approximate surface area is 112 Å². The minimum Gasteiger partial charge on any atom is -0.399 e. The Kier molecular flexibility index (Phi) is 3.66. The fourth-order valence-electron chi connectivity index (χ4n) is 1.41. The highest BCUT2D eigenvalue weighted by Gasteiger charge is 2.25. The molecule has 2 rings (SSSR count). The summed E-state index contributed by atoms with van der Waals surface area (Å²) in [6.07, 6.45) is 3.64. The molecule has 0 aliphatic carbocycles. The Hall–Kier alpha value is -2.14. The van der Waals surface area contributed by atoms with Crippen molar-refractivity contribution in [2.24, 2.45) is 0 Å². The van der Waals surface area contributed by atoms with Gasteiger partial charge in [0.15, 0.2) is 0 Å². The number of methoxy groups -OCH3 is 1. The third-order valence-corrected chi connectivity index (χ3v) is 2.85. The highest BCUT2D eigenvalue weighted by Crippen LogP contribution is 2.20. The van der Waals surface area contributed by atoms with Gasteiger partial charge in [-0.15, -0.1) is 0 Å². The van der Waals surface area contributed by atoms with E-state index in [2.05, 4.69) is 10.1 Å². The van der Waals surface area contributed by atoms with Crippen molar-refractivity contribution in [1.29, 1.82) is 0 Å². The van der Waals surface area contributed by atoms with Crippen molar-refractivity contribution < 1.29 is 9.26 Å². The summed E-state index contributed by atoms with van der Waals surface area (Å²) >= 11 is 0. The molecule has 5 nitrogen and oxygen atoms in total. The Morgan fingerprint density at radius 2 is 1.89 bits per heavy atom. The van der Waals surface area contributed by atoms with Crippen LogP contribution in [0.25, 0.3) is 12.2 Å². The van der Waals surface area contributed by atoms with Crippen molar-refractivity contribution in [1.82, 2.24) is 10.1 Å². The number of anilines is 1. The summed E-state index contributed by atoms with van der Waals surface area (Å²) in [5.74, 6) is 0.962. The van der Waals surface area contributed by atoms with E-state index in [9.17, 15) is 0 Å². The lowest BCUT2D eigenvalue weighted by Gasteiger charge is -2.17. The maximum absolute atomic E-state index is 5.62. The van der Waals surface area contributed by atoms with E-state index in [0.29, 0.717) is 11.7 Å². The van der Waals surface area contributed by atoms with E-state index in [0.717, 1.165) is 11.3 Å². The zero-order chi connectivity index (χ0) is 13.9. The highest BCUT2D eigenvalue weighted by atomic mass is 16.5. The van der Waals surface area contributed by atoms with Gasteiger partial charge < -0.3 is 15.0 Å². The molecule has 19 heavy (non-hydrogen) atoms. The fourth-order valence-corrected chi connectivity index (χ4v) is 1.41.